The molecular formula is C10H17N2O14P3. The molecule has 1 fully saturated rings. The number of ether oxygens (including phenoxy) is 1. The van der Waals surface area contributed by atoms with Crippen LogP contribution >= 0.6 is 23.5 Å². The molecule has 16 nitrogen and oxygen atoms in total. The van der Waals surface area contributed by atoms with E-state index < -0.39 is 60.5 Å². The van der Waals surface area contributed by atoms with Crippen molar-refractivity contribution in [2.75, 3.05) is 6.61 Å². The summed E-state index contributed by atoms with van der Waals surface area (Å²) in [4.78, 5) is 46.5. The van der Waals surface area contributed by atoms with Crippen molar-refractivity contribution in [2.24, 2.45) is 0 Å². The lowest BCUT2D eigenvalue weighted by atomic mass is 10.00. The van der Waals surface area contributed by atoms with Gasteiger partial charge in [0, 0.05) is 17.5 Å². The quantitative estimate of drug-likeness (QED) is 0.184. The summed E-state index contributed by atoms with van der Waals surface area (Å²) >= 11 is 0. The number of hydrogen-bond acceptors (Lipinski definition) is 10. The van der Waals surface area contributed by atoms with Crippen molar-refractivity contribution in [1.29, 1.82) is 0 Å². The van der Waals surface area contributed by atoms with Crippen LogP contribution in [0.2, 0.25) is 0 Å². The van der Waals surface area contributed by atoms with Crippen molar-refractivity contribution in [3.05, 3.63) is 24.0 Å². The Bertz CT molecular complexity index is 853. The van der Waals surface area contributed by atoms with Crippen LogP contribution in [0.25, 0.3) is 0 Å². The monoisotopic (exact) mass is 482 g/mol. The Morgan fingerprint density at radius 1 is 1.07 bits per heavy atom. The first-order valence-electron chi connectivity index (χ1n) is 7.37. The second-order valence-electron chi connectivity index (χ2n) is 5.64. The predicted molar refractivity (Wildman–Crippen MR) is 89.4 cm³/mol. The highest BCUT2D eigenvalue weighted by Crippen LogP contribution is 2.66. The highest BCUT2D eigenvalue weighted by atomic mass is 31.3. The zero-order chi connectivity index (χ0) is 22.2. The highest BCUT2D eigenvalue weighted by Gasteiger charge is 2.47. The topological polar surface area (TPSA) is 251 Å². The van der Waals surface area contributed by atoms with E-state index in [1.807, 2.05) is 0 Å². The number of carbonyl (C=O) groups excluding carboxylic acids is 1. The normalized spacial score (nSPS) is 32.0. The number of amides is 2. The maximum absolute atomic E-state index is 11.7. The van der Waals surface area contributed by atoms with Gasteiger partial charge in [-0.15, -0.1) is 0 Å². The van der Waals surface area contributed by atoms with Gasteiger partial charge >= 0.3 is 29.5 Å². The molecule has 0 aromatic carbocycles. The molecule has 166 valence electrons. The number of aliphatic hydroxyl groups is 2. The van der Waals surface area contributed by atoms with E-state index in [4.69, 9.17) is 19.4 Å². The molecule has 2 heterocycles. The number of hydrogen-bond donors (Lipinski definition) is 8. The molecule has 2 aliphatic rings. The molecule has 0 saturated carbocycles. The minimum atomic E-state index is -5.70. The highest BCUT2D eigenvalue weighted by molar-refractivity contribution is 7.66. The van der Waals surface area contributed by atoms with E-state index in [0.29, 0.717) is 0 Å². The van der Waals surface area contributed by atoms with E-state index in [0.717, 1.165) is 6.20 Å². The van der Waals surface area contributed by atoms with Crippen LogP contribution in [0.15, 0.2) is 24.0 Å². The summed E-state index contributed by atoms with van der Waals surface area (Å²) in [6.45, 7) is 2.58. The number of aliphatic hydroxyl groups excluding tert-OH is 2. The van der Waals surface area contributed by atoms with Crippen molar-refractivity contribution >= 4 is 29.5 Å². The summed E-state index contributed by atoms with van der Waals surface area (Å²) in [5.41, 5.74) is 0.204. The summed E-state index contributed by atoms with van der Waals surface area (Å²) in [6.07, 6.45) is -4.78. The van der Waals surface area contributed by atoms with Crippen molar-refractivity contribution < 1.29 is 66.2 Å². The van der Waals surface area contributed by atoms with E-state index in [-0.39, 0.29) is 11.3 Å². The maximum Gasteiger partial charge on any atom is 0.490 e. The van der Waals surface area contributed by atoms with E-state index >= 15 is 0 Å². The molecule has 1 saturated heterocycles. The first-order chi connectivity index (χ1) is 13.1. The average Bonchev–Trinajstić information content (AvgIpc) is 2.78. The first kappa shape index (κ1) is 24.3. The molecule has 6 atom stereocenters. The molecule has 29 heavy (non-hydrogen) atoms. The molecule has 0 spiro atoms. The summed E-state index contributed by atoms with van der Waals surface area (Å²) in [5, 5.41) is 24.7. The fourth-order valence-electron chi connectivity index (χ4n) is 2.34. The number of urea groups is 1. The van der Waals surface area contributed by atoms with Gasteiger partial charge < -0.3 is 45.2 Å². The standard InChI is InChI=1S/C10H17N2O14P3/c1-4-5(2-11-10(15)12-4)9-8(14)7(13)6(24-9)3-23-28(19,20)26-29(21,22)25-27(16,17)18/h2,6-9,13-14H,1,3H2,(H,19,20)(H,21,22)(H2,11,12,15)(H2,16,17,18)/t6-,7?,8+,9+/m1/s1. The Morgan fingerprint density at radius 2 is 1.69 bits per heavy atom. The molecule has 2 aliphatic heterocycles. The minimum Gasteiger partial charge on any atom is -0.387 e. The predicted octanol–water partition coefficient (Wildman–Crippen LogP) is -1.47. The number of phosphoric ester groups is 1. The van der Waals surface area contributed by atoms with Crippen LogP contribution in [0.1, 0.15) is 0 Å². The van der Waals surface area contributed by atoms with Gasteiger partial charge in [-0.25, -0.2) is 18.5 Å². The van der Waals surface area contributed by atoms with Gasteiger partial charge in [0.2, 0.25) is 0 Å². The molecule has 0 aliphatic carbocycles. The van der Waals surface area contributed by atoms with Crippen molar-refractivity contribution in [3.63, 3.8) is 0 Å². The summed E-state index contributed by atoms with van der Waals surface area (Å²) in [5.74, 6) is 0. The summed E-state index contributed by atoms with van der Waals surface area (Å²) < 4.78 is 50.3. The van der Waals surface area contributed by atoms with Gasteiger partial charge in [0.05, 0.1) is 6.61 Å². The summed E-state index contributed by atoms with van der Waals surface area (Å²) in [6, 6.07) is -0.601. The second-order valence-corrected chi connectivity index (χ2v) is 10.1. The van der Waals surface area contributed by atoms with E-state index in [1.165, 1.54) is 0 Å². The van der Waals surface area contributed by atoms with E-state index in [1.54, 1.807) is 0 Å². The largest absolute Gasteiger partial charge is 0.490 e. The van der Waals surface area contributed by atoms with Crippen LogP contribution in [0, 0.1) is 0 Å². The zero-order valence-electron chi connectivity index (χ0n) is 14.1. The number of phosphoric acid groups is 3. The second kappa shape index (κ2) is 8.65. The SMILES string of the molecule is C=C1NC(=O)NC=C1[C@@H]1O[C@H](COP(=O)(O)OP(=O)(O)OP(=O)(O)O)C(O)[C@@H]1O. The van der Waals surface area contributed by atoms with Crippen LogP contribution in [0.4, 0.5) is 4.79 Å². The average molecular weight is 482 g/mol. The lowest BCUT2D eigenvalue weighted by Crippen LogP contribution is -2.42. The molecule has 19 heteroatoms. The molecule has 3 unspecified atom stereocenters. The third kappa shape index (κ3) is 6.77. The number of rotatable bonds is 8. The van der Waals surface area contributed by atoms with Crippen LogP contribution in [0.5, 0.6) is 0 Å². The lowest BCUT2D eigenvalue weighted by Gasteiger charge is -2.24. The number of carbonyl (C=O) groups is 1. The van der Waals surface area contributed by atoms with Crippen molar-refractivity contribution in [2.45, 2.75) is 24.4 Å². The molecule has 0 aromatic rings. The molecule has 0 bridgehead atoms. The third-order valence-corrected chi connectivity index (χ3v) is 7.26. The lowest BCUT2D eigenvalue weighted by molar-refractivity contribution is -0.0135. The third-order valence-electron chi connectivity index (χ3n) is 3.46. The Labute approximate surface area is 162 Å². The Kier molecular flexibility index (Phi) is 7.25. The van der Waals surface area contributed by atoms with Crippen molar-refractivity contribution in [3.8, 4) is 0 Å². The molecule has 2 amide bonds. The van der Waals surface area contributed by atoms with Gasteiger partial charge in [0.1, 0.15) is 24.4 Å². The van der Waals surface area contributed by atoms with Gasteiger partial charge in [-0.3, -0.25) is 4.52 Å². The minimum absolute atomic E-state index is 0.0542. The van der Waals surface area contributed by atoms with E-state index in [2.05, 4.69) is 30.4 Å². The van der Waals surface area contributed by atoms with Crippen LogP contribution < -0.4 is 10.6 Å². The maximum atomic E-state index is 11.7. The fourth-order valence-corrected chi connectivity index (χ4v) is 5.37. The molecule has 0 radical (unpaired) electrons. The van der Waals surface area contributed by atoms with Crippen LogP contribution in [-0.4, -0.2) is 66.8 Å². The van der Waals surface area contributed by atoms with E-state index in [9.17, 15) is 33.6 Å². The first-order valence-corrected chi connectivity index (χ1v) is 11.9. The molecule has 0 aromatic heterocycles. The summed E-state index contributed by atoms with van der Waals surface area (Å²) in [7, 11) is -16.7. The van der Waals surface area contributed by atoms with Crippen LogP contribution in [-0.2, 0) is 31.6 Å². The zero-order valence-corrected chi connectivity index (χ0v) is 16.8. The van der Waals surface area contributed by atoms with Gasteiger partial charge in [-0.05, 0) is 0 Å². The number of nitrogens with one attached hydrogen (secondary N) is 2. The smallest absolute Gasteiger partial charge is 0.387 e. The van der Waals surface area contributed by atoms with Crippen molar-refractivity contribution in [1.82, 2.24) is 10.6 Å². The Balaban J connectivity index is 2.01. The molecule has 2 rings (SSSR count). The van der Waals surface area contributed by atoms with Gasteiger partial charge in [-0.2, -0.15) is 8.62 Å². The molecular weight excluding hydrogens is 465 g/mol. The van der Waals surface area contributed by atoms with Gasteiger partial charge in [0.25, 0.3) is 0 Å². The van der Waals surface area contributed by atoms with Gasteiger partial charge in [0.15, 0.2) is 0 Å². The Hall–Kier alpha value is -0.960. The van der Waals surface area contributed by atoms with Crippen LogP contribution in [0.3, 0.4) is 0 Å². The Morgan fingerprint density at radius 3 is 2.24 bits per heavy atom. The van der Waals surface area contributed by atoms with Gasteiger partial charge in [-0.1, -0.05) is 6.58 Å². The molecule has 8 N–H and O–H groups in total. The fraction of sp³-hybridized carbons (Fsp3) is 0.500.